The molecule has 0 aliphatic heterocycles. The summed E-state index contributed by atoms with van der Waals surface area (Å²) in [5.74, 6) is 0. The average Bonchev–Trinajstić information content (AvgIpc) is 2.91. The maximum Gasteiger partial charge on any atom is 0.0931 e. The van der Waals surface area contributed by atoms with Gasteiger partial charge in [-0.25, -0.2) is 0 Å². The van der Waals surface area contributed by atoms with E-state index in [4.69, 9.17) is 16.9 Å². The standard InChI is InChI=1S/C11H13ClN2S/c12-10-2-1-9(15-10)3-6-14-8-11(7-13)4-5-11/h1-2,14H,3-6,8H2. The third-order valence-electron chi connectivity index (χ3n) is 2.73. The Morgan fingerprint density at radius 3 is 2.87 bits per heavy atom. The lowest BCUT2D eigenvalue weighted by Gasteiger charge is -2.06. The Bertz CT molecular complexity index is 376. The first kappa shape index (κ1) is 10.9. The summed E-state index contributed by atoms with van der Waals surface area (Å²) in [4.78, 5) is 1.30. The Kier molecular flexibility index (Phi) is 3.30. The molecule has 1 saturated carbocycles. The molecule has 0 saturated heterocycles. The number of nitrogens with one attached hydrogen (secondary N) is 1. The Morgan fingerprint density at radius 1 is 1.53 bits per heavy atom. The molecule has 1 aromatic rings. The molecule has 1 fully saturated rings. The van der Waals surface area contributed by atoms with Crippen LogP contribution in [0.15, 0.2) is 12.1 Å². The maximum absolute atomic E-state index is 8.87. The van der Waals surface area contributed by atoms with Crippen molar-refractivity contribution in [3.8, 4) is 6.07 Å². The van der Waals surface area contributed by atoms with Gasteiger partial charge in [0.25, 0.3) is 0 Å². The molecule has 2 rings (SSSR count). The third-order valence-corrected chi connectivity index (χ3v) is 4.02. The van der Waals surface area contributed by atoms with E-state index < -0.39 is 0 Å². The SMILES string of the molecule is N#CC1(CNCCc2ccc(Cl)s2)CC1. The maximum atomic E-state index is 8.87. The van der Waals surface area contributed by atoms with Gasteiger partial charge < -0.3 is 5.32 Å². The Hall–Kier alpha value is -0.560. The van der Waals surface area contributed by atoms with E-state index in [-0.39, 0.29) is 5.41 Å². The van der Waals surface area contributed by atoms with E-state index in [2.05, 4.69) is 17.5 Å². The summed E-state index contributed by atoms with van der Waals surface area (Å²) >= 11 is 7.46. The van der Waals surface area contributed by atoms with Crippen molar-refractivity contribution < 1.29 is 0 Å². The smallest absolute Gasteiger partial charge is 0.0931 e. The topological polar surface area (TPSA) is 35.8 Å². The minimum absolute atomic E-state index is 0.0346. The second kappa shape index (κ2) is 4.52. The number of nitrogens with zero attached hydrogens (tertiary/aromatic N) is 1. The van der Waals surface area contributed by atoms with Crippen LogP contribution in [0.25, 0.3) is 0 Å². The second-order valence-electron chi connectivity index (χ2n) is 4.02. The van der Waals surface area contributed by atoms with E-state index in [0.29, 0.717) is 0 Å². The summed E-state index contributed by atoms with van der Waals surface area (Å²) in [5, 5.41) is 12.2. The van der Waals surface area contributed by atoms with Crippen LogP contribution < -0.4 is 5.32 Å². The summed E-state index contributed by atoms with van der Waals surface area (Å²) in [5.41, 5.74) is -0.0346. The first-order valence-electron chi connectivity index (χ1n) is 5.10. The highest BCUT2D eigenvalue weighted by Crippen LogP contribution is 2.43. The van der Waals surface area contributed by atoms with Crippen LogP contribution in [0.3, 0.4) is 0 Å². The summed E-state index contributed by atoms with van der Waals surface area (Å²) in [6.45, 7) is 1.77. The van der Waals surface area contributed by atoms with Crippen molar-refractivity contribution in [3.63, 3.8) is 0 Å². The molecule has 1 aliphatic carbocycles. The number of hydrogen-bond donors (Lipinski definition) is 1. The fourth-order valence-corrected chi connectivity index (χ4v) is 2.59. The molecule has 2 nitrogen and oxygen atoms in total. The van der Waals surface area contributed by atoms with Crippen LogP contribution in [0.5, 0.6) is 0 Å². The highest BCUT2D eigenvalue weighted by atomic mass is 35.5. The van der Waals surface area contributed by atoms with Crippen LogP contribution >= 0.6 is 22.9 Å². The van der Waals surface area contributed by atoms with Crippen LogP contribution in [0, 0.1) is 16.7 Å². The van der Waals surface area contributed by atoms with Crippen molar-refractivity contribution in [2.24, 2.45) is 5.41 Å². The van der Waals surface area contributed by atoms with Crippen LogP contribution in [0.2, 0.25) is 4.34 Å². The molecule has 0 bridgehead atoms. The van der Waals surface area contributed by atoms with Gasteiger partial charge in [-0.1, -0.05) is 11.6 Å². The number of rotatable bonds is 5. The molecule has 4 heteroatoms. The van der Waals surface area contributed by atoms with E-state index in [1.807, 2.05) is 6.07 Å². The van der Waals surface area contributed by atoms with E-state index >= 15 is 0 Å². The second-order valence-corrected chi connectivity index (χ2v) is 5.82. The predicted molar refractivity (Wildman–Crippen MR) is 63.2 cm³/mol. The third kappa shape index (κ3) is 2.94. The van der Waals surface area contributed by atoms with E-state index in [1.165, 1.54) is 4.88 Å². The lowest BCUT2D eigenvalue weighted by Crippen LogP contribution is -2.24. The van der Waals surface area contributed by atoms with Crippen molar-refractivity contribution in [3.05, 3.63) is 21.3 Å². The van der Waals surface area contributed by atoms with E-state index in [1.54, 1.807) is 11.3 Å². The van der Waals surface area contributed by atoms with Gasteiger partial charge >= 0.3 is 0 Å². The summed E-state index contributed by atoms with van der Waals surface area (Å²) in [7, 11) is 0. The molecule has 1 aliphatic rings. The van der Waals surface area contributed by atoms with Gasteiger partial charge in [-0.2, -0.15) is 5.26 Å². The fraction of sp³-hybridized carbons (Fsp3) is 0.545. The van der Waals surface area contributed by atoms with Crippen molar-refractivity contribution in [1.82, 2.24) is 5.32 Å². The van der Waals surface area contributed by atoms with Gasteiger partial charge in [-0.05, 0) is 31.4 Å². The van der Waals surface area contributed by atoms with Crippen LogP contribution in [0.1, 0.15) is 17.7 Å². The summed E-state index contributed by atoms with van der Waals surface area (Å²) < 4.78 is 0.848. The molecule has 1 N–H and O–H groups in total. The predicted octanol–water partition coefficient (Wildman–Crippen LogP) is 2.84. The molecule has 15 heavy (non-hydrogen) atoms. The van der Waals surface area contributed by atoms with Gasteiger partial charge in [0.1, 0.15) is 0 Å². The van der Waals surface area contributed by atoms with Crippen molar-refractivity contribution in [1.29, 1.82) is 5.26 Å². The Balaban J connectivity index is 1.66. The zero-order valence-corrected chi connectivity index (χ0v) is 10.00. The van der Waals surface area contributed by atoms with Crippen molar-refractivity contribution >= 4 is 22.9 Å². The van der Waals surface area contributed by atoms with Gasteiger partial charge in [0.05, 0.1) is 15.8 Å². The van der Waals surface area contributed by atoms with Crippen LogP contribution in [0.4, 0.5) is 0 Å². The van der Waals surface area contributed by atoms with E-state index in [0.717, 1.165) is 36.7 Å². The molecule has 0 spiro atoms. The minimum atomic E-state index is -0.0346. The first-order valence-corrected chi connectivity index (χ1v) is 6.30. The van der Waals surface area contributed by atoms with Gasteiger partial charge in [0.15, 0.2) is 0 Å². The number of nitriles is 1. The molecule has 1 heterocycles. The largest absolute Gasteiger partial charge is 0.315 e. The molecular weight excluding hydrogens is 228 g/mol. The Labute approximate surface area is 98.9 Å². The lowest BCUT2D eigenvalue weighted by molar-refractivity contribution is 0.561. The summed E-state index contributed by atoms with van der Waals surface area (Å²) in [6, 6.07) is 6.37. The minimum Gasteiger partial charge on any atom is -0.315 e. The van der Waals surface area contributed by atoms with Crippen LogP contribution in [-0.2, 0) is 6.42 Å². The molecule has 80 valence electrons. The van der Waals surface area contributed by atoms with Crippen molar-refractivity contribution in [2.45, 2.75) is 19.3 Å². The summed E-state index contributed by atoms with van der Waals surface area (Å²) in [6.07, 6.45) is 3.11. The van der Waals surface area contributed by atoms with Crippen molar-refractivity contribution in [2.75, 3.05) is 13.1 Å². The number of hydrogen-bond acceptors (Lipinski definition) is 3. The highest BCUT2D eigenvalue weighted by Gasteiger charge is 2.42. The molecule has 0 amide bonds. The Morgan fingerprint density at radius 2 is 2.33 bits per heavy atom. The van der Waals surface area contributed by atoms with E-state index in [9.17, 15) is 0 Å². The average molecular weight is 241 g/mol. The molecular formula is C11H13ClN2S. The van der Waals surface area contributed by atoms with Gasteiger partial charge in [0, 0.05) is 18.0 Å². The zero-order chi connectivity index (χ0) is 10.7. The molecule has 0 radical (unpaired) electrons. The monoisotopic (exact) mass is 240 g/mol. The number of halogens is 1. The van der Waals surface area contributed by atoms with Gasteiger partial charge in [0.2, 0.25) is 0 Å². The highest BCUT2D eigenvalue weighted by molar-refractivity contribution is 7.16. The number of thiophene rings is 1. The molecule has 0 unspecified atom stereocenters. The zero-order valence-electron chi connectivity index (χ0n) is 8.42. The van der Waals surface area contributed by atoms with Crippen LogP contribution in [-0.4, -0.2) is 13.1 Å². The molecule has 0 atom stereocenters. The quantitative estimate of drug-likeness (QED) is 0.804. The normalized spacial score (nSPS) is 17.3. The first-order chi connectivity index (χ1) is 7.24. The fourth-order valence-electron chi connectivity index (χ4n) is 1.50. The molecule has 0 aromatic carbocycles. The van der Waals surface area contributed by atoms with Gasteiger partial charge in [-0.3, -0.25) is 0 Å². The van der Waals surface area contributed by atoms with Gasteiger partial charge in [-0.15, -0.1) is 11.3 Å². The molecule has 1 aromatic heterocycles. The lowest BCUT2D eigenvalue weighted by atomic mass is 10.1.